The highest BCUT2D eigenvalue weighted by atomic mass is 16.5. The lowest BCUT2D eigenvalue weighted by molar-refractivity contribution is -0.155. The van der Waals surface area contributed by atoms with Crippen molar-refractivity contribution in [2.24, 2.45) is 0 Å². The molecule has 3 rings (SSSR count). The number of morpholine rings is 1. The van der Waals surface area contributed by atoms with Crippen LogP contribution in [0.2, 0.25) is 0 Å². The molecule has 2 amide bonds. The Balaban J connectivity index is 1.56. The van der Waals surface area contributed by atoms with E-state index in [1.165, 1.54) is 0 Å². The van der Waals surface area contributed by atoms with Crippen LogP contribution in [0, 0.1) is 0 Å². The first-order chi connectivity index (χ1) is 12.7. The Hall–Kier alpha value is -2.86. The van der Waals surface area contributed by atoms with Gasteiger partial charge in [0.25, 0.3) is 5.91 Å². The van der Waals surface area contributed by atoms with Crippen molar-refractivity contribution in [1.29, 1.82) is 0 Å². The van der Waals surface area contributed by atoms with Crippen LogP contribution in [0.25, 0.3) is 0 Å². The number of amides is 2. The Kier molecular flexibility index (Phi) is 5.86. The van der Waals surface area contributed by atoms with Gasteiger partial charge in [0.15, 0.2) is 0 Å². The number of methoxy groups -OCH3 is 1. The minimum atomic E-state index is -0.745. The van der Waals surface area contributed by atoms with Gasteiger partial charge >= 0.3 is 0 Å². The molecule has 0 bridgehead atoms. The van der Waals surface area contributed by atoms with Gasteiger partial charge in [0, 0.05) is 18.8 Å². The Bertz CT molecular complexity index is 746. The molecule has 1 heterocycles. The average molecular weight is 354 g/mol. The van der Waals surface area contributed by atoms with Crippen LogP contribution < -0.4 is 10.1 Å². The standard InChI is InChI=1S/C20H22N2O4/c1-25-17-9-7-16(8-10-17)21-19(23)13-18-20(24)22(11-12-26-18)14-15-5-3-2-4-6-15/h2-10,18H,11-14H2,1H3,(H,21,23). The zero-order chi connectivity index (χ0) is 18.4. The Morgan fingerprint density at radius 2 is 1.92 bits per heavy atom. The second-order valence-corrected chi connectivity index (χ2v) is 6.09. The second kappa shape index (κ2) is 8.49. The molecular weight excluding hydrogens is 332 g/mol. The van der Waals surface area contributed by atoms with E-state index in [9.17, 15) is 9.59 Å². The van der Waals surface area contributed by atoms with E-state index in [-0.39, 0.29) is 18.2 Å². The minimum Gasteiger partial charge on any atom is -0.497 e. The number of anilines is 1. The molecule has 1 unspecified atom stereocenters. The SMILES string of the molecule is COc1ccc(NC(=O)CC2OCCN(Cc3ccccc3)C2=O)cc1. The lowest BCUT2D eigenvalue weighted by Gasteiger charge is -2.32. The molecule has 1 N–H and O–H groups in total. The van der Waals surface area contributed by atoms with Gasteiger partial charge in [-0.2, -0.15) is 0 Å². The first kappa shape index (κ1) is 17.9. The fourth-order valence-corrected chi connectivity index (χ4v) is 2.85. The van der Waals surface area contributed by atoms with Gasteiger partial charge in [0.1, 0.15) is 11.9 Å². The largest absolute Gasteiger partial charge is 0.497 e. The summed E-state index contributed by atoms with van der Waals surface area (Å²) in [6.45, 7) is 1.49. The highest BCUT2D eigenvalue weighted by Gasteiger charge is 2.31. The Morgan fingerprint density at radius 3 is 2.62 bits per heavy atom. The molecule has 0 radical (unpaired) electrons. The van der Waals surface area contributed by atoms with Crippen molar-refractivity contribution < 1.29 is 19.1 Å². The van der Waals surface area contributed by atoms with Crippen LogP contribution in [0.15, 0.2) is 54.6 Å². The molecule has 2 aromatic carbocycles. The van der Waals surface area contributed by atoms with Crippen molar-refractivity contribution in [2.75, 3.05) is 25.6 Å². The van der Waals surface area contributed by atoms with Crippen LogP contribution in [0.5, 0.6) is 5.75 Å². The lowest BCUT2D eigenvalue weighted by Crippen LogP contribution is -2.48. The molecule has 1 aliphatic rings. The molecule has 0 aliphatic carbocycles. The van der Waals surface area contributed by atoms with E-state index in [0.29, 0.717) is 31.1 Å². The smallest absolute Gasteiger partial charge is 0.252 e. The molecule has 0 spiro atoms. The highest BCUT2D eigenvalue weighted by Crippen LogP contribution is 2.17. The molecule has 6 nitrogen and oxygen atoms in total. The van der Waals surface area contributed by atoms with Gasteiger partial charge in [-0.1, -0.05) is 30.3 Å². The number of benzene rings is 2. The molecule has 26 heavy (non-hydrogen) atoms. The highest BCUT2D eigenvalue weighted by molar-refractivity contribution is 5.95. The monoisotopic (exact) mass is 354 g/mol. The molecule has 0 saturated carbocycles. The van der Waals surface area contributed by atoms with E-state index in [4.69, 9.17) is 9.47 Å². The summed E-state index contributed by atoms with van der Waals surface area (Å²) >= 11 is 0. The van der Waals surface area contributed by atoms with Crippen molar-refractivity contribution in [3.63, 3.8) is 0 Å². The summed E-state index contributed by atoms with van der Waals surface area (Å²) in [5.41, 5.74) is 1.71. The number of nitrogens with zero attached hydrogens (tertiary/aromatic N) is 1. The molecule has 1 fully saturated rings. The van der Waals surface area contributed by atoms with Gasteiger partial charge in [-0.3, -0.25) is 9.59 Å². The molecule has 2 aromatic rings. The van der Waals surface area contributed by atoms with E-state index < -0.39 is 6.10 Å². The molecule has 136 valence electrons. The maximum atomic E-state index is 12.6. The molecule has 0 aromatic heterocycles. The summed E-state index contributed by atoms with van der Waals surface area (Å²) in [7, 11) is 1.58. The third-order valence-corrected chi connectivity index (χ3v) is 4.23. The van der Waals surface area contributed by atoms with Crippen LogP contribution in [0.3, 0.4) is 0 Å². The van der Waals surface area contributed by atoms with Gasteiger partial charge in [0.2, 0.25) is 5.91 Å². The molecule has 1 atom stereocenters. The zero-order valence-corrected chi connectivity index (χ0v) is 14.7. The summed E-state index contributed by atoms with van der Waals surface area (Å²) in [6, 6.07) is 16.8. The van der Waals surface area contributed by atoms with E-state index in [1.807, 2.05) is 30.3 Å². The minimum absolute atomic E-state index is 0.00382. The molecule has 1 aliphatic heterocycles. The first-order valence-corrected chi connectivity index (χ1v) is 8.54. The van der Waals surface area contributed by atoms with Crippen LogP contribution >= 0.6 is 0 Å². The predicted octanol–water partition coefficient (Wildman–Crippen LogP) is 2.45. The van der Waals surface area contributed by atoms with E-state index in [0.717, 1.165) is 5.56 Å². The average Bonchev–Trinajstić information content (AvgIpc) is 2.66. The van der Waals surface area contributed by atoms with E-state index in [2.05, 4.69) is 5.32 Å². The number of nitrogens with one attached hydrogen (secondary N) is 1. The van der Waals surface area contributed by atoms with Gasteiger partial charge in [-0.15, -0.1) is 0 Å². The third-order valence-electron chi connectivity index (χ3n) is 4.23. The zero-order valence-electron chi connectivity index (χ0n) is 14.7. The molecule has 1 saturated heterocycles. The number of carbonyl (C=O) groups excluding carboxylic acids is 2. The van der Waals surface area contributed by atoms with Gasteiger partial charge < -0.3 is 19.7 Å². The Morgan fingerprint density at radius 1 is 1.19 bits per heavy atom. The van der Waals surface area contributed by atoms with Crippen molar-refractivity contribution in [3.05, 3.63) is 60.2 Å². The van der Waals surface area contributed by atoms with Gasteiger partial charge in [-0.05, 0) is 29.8 Å². The van der Waals surface area contributed by atoms with Crippen LogP contribution in [-0.4, -0.2) is 43.1 Å². The maximum Gasteiger partial charge on any atom is 0.252 e. The Labute approximate surface area is 152 Å². The van der Waals surface area contributed by atoms with E-state index in [1.54, 1.807) is 36.3 Å². The number of carbonyl (C=O) groups is 2. The summed E-state index contributed by atoms with van der Waals surface area (Å²) < 4.78 is 10.6. The number of rotatable bonds is 6. The van der Waals surface area contributed by atoms with Crippen molar-refractivity contribution in [2.45, 2.75) is 19.1 Å². The van der Waals surface area contributed by atoms with Gasteiger partial charge in [-0.25, -0.2) is 0 Å². The predicted molar refractivity (Wildman–Crippen MR) is 97.8 cm³/mol. The van der Waals surface area contributed by atoms with Crippen LogP contribution in [0.1, 0.15) is 12.0 Å². The maximum absolute atomic E-state index is 12.6. The van der Waals surface area contributed by atoms with Crippen molar-refractivity contribution in [1.82, 2.24) is 4.90 Å². The fourth-order valence-electron chi connectivity index (χ4n) is 2.85. The van der Waals surface area contributed by atoms with Crippen molar-refractivity contribution >= 4 is 17.5 Å². The summed E-state index contributed by atoms with van der Waals surface area (Å²) in [5, 5.41) is 2.78. The lowest BCUT2D eigenvalue weighted by atomic mass is 10.1. The van der Waals surface area contributed by atoms with Crippen LogP contribution in [0.4, 0.5) is 5.69 Å². The molecule has 6 heteroatoms. The first-order valence-electron chi connectivity index (χ1n) is 8.54. The summed E-state index contributed by atoms with van der Waals surface area (Å²) in [5.74, 6) is 0.311. The normalized spacial score (nSPS) is 17.0. The molecular formula is C20H22N2O4. The summed E-state index contributed by atoms with van der Waals surface area (Å²) in [4.78, 5) is 26.6. The van der Waals surface area contributed by atoms with E-state index >= 15 is 0 Å². The fraction of sp³-hybridized carbons (Fsp3) is 0.300. The van der Waals surface area contributed by atoms with Crippen LogP contribution in [-0.2, 0) is 20.9 Å². The second-order valence-electron chi connectivity index (χ2n) is 6.09. The topological polar surface area (TPSA) is 67.9 Å². The van der Waals surface area contributed by atoms with Gasteiger partial charge in [0.05, 0.1) is 20.1 Å². The number of hydrogen-bond acceptors (Lipinski definition) is 4. The van der Waals surface area contributed by atoms with Crippen molar-refractivity contribution in [3.8, 4) is 5.75 Å². The summed E-state index contributed by atoms with van der Waals surface area (Å²) in [6.07, 6.45) is -0.749. The quantitative estimate of drug-likeness (QED) is 0.865. The number of hydrogen-bond donors (Lipinski definition) is 1. The number of ether oxygens (including phenoxy) is 2. The third kappa shape index (κ3) is 4.61.